The van der Waals surface area contributed by atoms with Gasteiger partial charge in [-0.05, 0) is 37.1 Å². The molecule has 0 aliphatic rings. The zero-order valence-corrected chi connectivity index (χ0v) is 12.9. The molecule has 2 atom stereocenters. The standard InChI is InChI=1S/C15H33NO2/c1-12(2)7-6-8-18-11-15(17)10-16-9-14(5)13(3)4/h12-17H,6-11H2,1-5H3. The first kappa shape index (κ1) is 17.9. The van der Waals surface area contributed by atoms with E-state index in [1.807, 2.05) is 0 Å². The number of ether oxygens (including phenoxy) is 1. The smallest absolute Gasteiger partial charge is 0.0897 e. The van der Waals surface area contributed by atoms with Crippen LogP contribution in [0.4, 0.5) is 0 Å². The predicted octanol–water partition coefficient (Wildman–Crippen LogP) is 2.68. The third-order valence-corrected chi connectivity index (χ3v) is 3.36. The first-order valence-electron chi connectivity index (χ1n) is 7.40. The van der Waals surface area contributed by atoms with Crippen molar-refractivity contribution in [1.29, 1.82) is 0 Å². The Morgan fingerprint density at radius 2 is 1.72 bits per heavy atom. The lowest BCUT2D eigenvalue weighted by atomic mass is 9.98. The van der Waals surface area contributed by atoms with Gasteiger partial charge in [-0.2, -0.15) is 0 Å². The molecule has 110 valence electrons. The first-order chi connectivity index (χ1) is 8.43. The van der Waals surface area contributed by atoms with Gasteiger partial charge in [0.15, 0.2) is 0 Å². The molecule has 0 saturated heterocycles. The van der Waals surface area contributed by atoms with E-state index in [0.29, 0.717) is 25.0 Å². The van der Waals surface area contributed by atoms with Gasteiger partial charge in [-0.15, -0.1) is 0 Å². The second kappa shape index (κ2) is 10.8. The molecule has 2 N–H and O–H groups in total. The number of aliphatic hydroxyl groups is 1. The Kier molecular flexibility index (Phi) is 10.7. The van der Waals surface area contributed by atoms with E-state index in [1.54, 1.807) is 0 Å². The Morgan fingerprint density at radius 1 is 1.06 bits per heavy atom. The summed E-state index contributed by atoms with van der Waals surface area (Å²) in [6, 6.07) is 0. The number of hydrogen-bond donors (Lipinski definition) is 2. The average molecular weight is 259 g/mol. The highest BCUT2D eigenvalue weighted by Gasteiger charge is 2.08. The van der Waals surface area contributed by atoms with Crippen molar-refractivity contribution < 1.29 is 9.84 Å². The fourth-order valence-electron chi connectivity index (χ4n) is 1.59. The Morgan fingerprint density at radius 3 is 2.28 bits per heavy atom. The first-order valence-corrected chi connectivity index (χ1v) is 7.40. The summed E-state index contributed by atoms with van der Waals surface area (Å²) in [5.41, 5.74) is 0. The highest BCUT2D eigenvalue weighted by Crippen LogP contribution is 2.07. The lowest BCUT2D eigenvalue weighted by Crippen LogP contribution is -2.34. The van der Waals surface area contributed by atoms with E-state index in [0.717, 1.165) is 25.5 Å². The van der Waals surface area contributed by atoms with Crippen LogP contribution in [0.1, 0.15) is 47.5 Å². The monoisotopic (exact) mass is 259 g/mol. The van der Waals surface area contributed by atoms with Crippen molar-refractivity contribution in [3.05, 3.63) is 0 Å². The third kappa shape index (κ3) is 11.0. The second-order valence-electron chi connectivity index (χ2n) is 6.14. The summed E-state index contributed by atoms with van der Waals surface area (Å²) in [6.07, 6.45) is 1.89. The fraction of sp³-hybridized carbons (Fsp3) is 1.00. The van der Waals surface area contributed by atoms with Gasteiger partial charge in [0.25, 0.3) is 0 Å². The molecule has 0 aromatic heterocycles. The fourth-order valence-corrected chi connectivity index (χ4v) is 1.59. The van der Waals surface area contributed by atoms with Crippen LogP contribution in [0.2, 0.25) is 0 Å². The molecular formula is C15H33NO2. The zero-order chi connectivity index (χ0) is 14.0. The Balaban J connectivity index is 3.35. The minimum absolute atomic E-state index is 0.386. The van der Waals surface area contributed by atoms with Crippen LogP contribution in [0, 0.1) is 17.8 Å². The molecule has 0 aliphatic carbocycles. The molecule has 0 saturated carbocycles. The highest BCUT2D eigenvalue weighted by atomic mass is 16.5. The Bertz CT molecular complexity index is 183. The normalized spacial score (nSPS) is 15.3. The summed E-state index contributed by atoms with van der Waals surface area (Å²) in [4.78, 5) is 0. The quantitative estimate of drug-likeness (QED) is 0.561. The summed E-state index contributed by atoms with van der Waals surface area (Å²) >= 11 is 0. The van der Waals surface area contributed by atoms with Gasteiger partial charge in [0.2, 0.25) is 0 Å². The van der Waals surface area contributed by atoms with Crippen molar-refractivity contribution in [2.24, 2.45) is 17.8 Å². The molecule has 0 bridgehead atoms. The van der Waals surface area contributed by atoms with Crippen LogP contribution in [-0.2, 0) is 4.74 Å². The van der Waals surface area contributed by atoms with Gasteiger partial charge >= 0.3 is 0 Å². The molecule has 3 nitrogen and oxygen atoms in total. The van der Waals surface area contributed by atoms with Crippen LogP contribution in [0.5, 0.6) is 0 Å². The molecular weight excluding hydrogens is 226 g/mol. The van der Waals surface area contributed by atoms with Crippen LogP contribution in [0.25, 0.3) is 0 Å². The van der Waals surface area contributed by atoms with Crippen molar-refractivity contribution in [1.82, 2.24) is 5.32 Å². The Labute approximate surface area is 113 Å². The van der Waals surface area contributed by atoms with Gasteiger partial charge in [-0.25, -0.2) is 0 Å². The van der Waals surface area contributed by atoms with E-state index < -0.39 is 0 Å². The molecule has 18 heavy (non-hydrogen) atoms. The second-order valence-corrected chi connectivity index (χ2v) is 6.14. The maximum Gasteiger partial charge on any atom is 0.0897 e. The molecule has 0 amide bonds. The van der Waals surface area contributed by atoms with E-state index in [4.69, 9.17) is 4.74 Å². The maximum atomic E-state index is 9.72. The molecule has 3 heteroatoms. The molecule has 0 aromatic carbocycles. The maximum absolute atomic E-state index is 9.72. The number of hydrogen-bond acceptors (Lipinski definition) is 3. The van der Waals surface area contributed by atoms with E-state index in [2.05, 4.69) is 39.9 Å². The van der Waals surface area contributed by atoms with Crippen LogP contribution in [-0.4, -0.2) is 37.5 Å². The number of rotatable bonds is 11. The molecule has 0 heterocycles. The lowest BCUT2D eigenvalue weighted by Gasteiger charge is -2.18. The SMILES string of the molecule is CC(C)CCCOCC(O)CNCC(C)C(C)C. The molecule has 2 unspecified atom stereocenters. The van der Waals surface area contributed by atoms with Crippen LogP contribution in [0.15, 0.2) is 0 Å². The average Bonchev–Trinajstić information content (AvgIpc) is 2.27. The Hall–Kier alpha value is -0.120. The van der Waals surface area contributed by atoms with E-state index in [1.165, 1.54) is 6.42 Å². The van der Waals surface area contributed by atoms with Crippen molar-refractivity contribution in [3.63, 3.8) is 0 Å². The van der Waals surface area contributed by atoms with Crippen LogP contribution in [0.3, 0.4) is 0 Å². The highest BCUT2D eigenvalue weighted by molar-refractivity contribution is 4.64. The van der Waals surface area contributed by atoms with Gasteiger partial charge in [0.1, 0.15) is 0 Å². The minimum atomic E-state index is -0.386. The minimum Gasteiger partial charge on any atom is -0.389 e. The van der Waals surface area contributed by atoms with Gasteiger partial charge in [-0.1, -0.05) is 34.6 Å². The summed E-state index contributed by atoms with van der Waals surface area (Å²) in [5, 5.41) is 13.0. The van der Waals surface area contributed by atoms with Gasteiger partial charge in [-0.3, -0.25) is 0 Å². The largest absolute Gasteiger partial charge is 0.389 e. The van der Waals surface area contributed by atoms with Gasteiger partial charge < -0.3 is 15.2 Å². The van der Waals surface area contributed by atoms with Crippen molar-refractivity contribution in [3.8, 4) is 0 Å². The predicted molar refractivity (Wildman–Crippen MR) is 77.8 cm³/mol. The molecule has 0 rings (SSSR count). The van der Waals surface area contributed by atoms with Crippen LogP contribution < -0.4 is 5.32 Å². The van der Waals surface area contributed by atoms with Crippen LogP contribution >= 0.6 is 0 Å². The van der Waals surface area contributed by atoms with E-state index in [9.17, 15) is 5.11 Å². The van der Waals surface area contributed by atoms with Gasteiger partial charge in [0.05, 0.1) is 12.7 Å². The molecule has 0 spiro atoms. The van der Waals surface area contributed by atoms with Crippen molar-refractivity contribution >= 4 is 0 Å². The van der Waals surface area contributed by atoms with Crippen molar-refractivity contribution in [2.45, 2.75) is 53.6 Å². The molecule has 0 aromatic rings. The lowest BCUT2D eigenvalue weighted by molar-refractivity contribution is 0.0343. The summed E-state index contributed by atoms with van der Waals surface area (Å²) in [6.45, 7) is 13.9. The molecule has 0 aliphatic heterocycles. The third-order valence-electron chi connectivity index (χ3n) is 3.36. The topological polar surface area (TPSA) is 41.5 Å². The summed E-state index contributed by atoms with van der Waals surface area (Å²) < 4.78 is 5.46. The van der Waals surface area contributed by atoms with Crippen molar-refractivity contribution in [2.75, 3.05) is 26.3 Å². The van der Waals surface area contributed by atoms with E-state index in [-0.39, 0.29) is 6.10 Å². The summed E-state index contributed by atoms with van der Waals surface area (Å²) in [7, 11) is 0. The molecule has 0 fully saturated rings. The number of nitrogens with one attached hydrogen (secondary N) is 1. The molecule has 0 radical (unpaired) electrons. The number of aliphatic hydroxyl groups excluding tert-OH is 1. The van der Waals surface area contributed by atoms with Gasteiger partial charge in [0, 0.05) is 13.2 Å². The van der Waals surface area contributed by atoms with E-state index >= 15 is 0 Å². The summed E-state index contributed by atoms with van der Waals surface area (Å²) in [5.74, 6) is 2.06. The zero-order valence-electron chi connectivity index (χ0n) is 12.9.